The average Bonchev–Trinajstić information content (AvgIpc) is 2.84. The summed E-state index contributed by atoms with van der Waals surface area (Å²) in [6, 6.07) is 17.8. The molecule has 4 aromatic rings. The van der Waals surface area contributed by atoms with Gasteiger partial charge in [-0.3, -0.25) is 0 Å². The minimum Gasteiger partial charge on any atom is -0.410 e. The third-order valence-electron chi connectivity index (χ3n) is 5.25. The maximum absolute atomic E-state index is 14.0. The topological polar surface area (TPSA) is 100 Å². The van der Waals surface area contributed by atoms with Gasteiger partial charge in [0, 0.05) is 24.2 Å². The lowest BCUT2D eigenvalue weighted by atomic mass is 9.91. The first kappa shape index (κ1) is 23.5. The van der Waals surface area contributed by atoms with Crippen LogP contribution in [0.3, 0.4) is 0 Å². The number of nitrogens with one attached hydrogen (secondary N) is 2. The fourth-order valence-electron chi connectivity index (χ4n) is 3.82. The van der Waals surface area contributed by atoms with Gasteiger partial charge < -0.3 is 20.1 Å². The summed E-state index contributed by atoms with van der Waals surface area (Å²) in [6.45, 7) is 7.38. The smallest absolute Gasteiger partial charge is 0.410 e. The number of amides is 2. The zero-order valence-electron chi connectivity index (χ0n) is 18.6. The molecule has 0 fully saturated rings. The molecule has 2 N–H and O–H groups in total. The first-order valence-electron chi connectivity index (χ1n) is 10.6. The Morgan fingerprint density at radius 2 is 1.31 bits per heavy atom. The van der Waals surface area contributed by atoms with Crippen LogP contribution in [0.25, 0.3) is 32.7 Å². The Balaban J connectivity index is 2.07. The lowest BCUT2D eigenvalue weighted by molar-refractivity contribution is 0.200. The number of rotatable bonds is 5. The molecule has 0 aliphatic rings. The van der Waals surface area contributed by atoms with Crippen LogP contribution in [0.2, 0.25) is 0 Å². The number of hydrogen-bond donors (Lipinski definition) is 2. The molecule has 8 heteroatoms. The highest BCUT2D eigenvalue weighted by Crippen LogP contribution is 2.45. The maximum atomic E-state index is 14.0. The van der Waals surface area contributed by atoms with Gasteiger partial charge in [-0.25, -0.2) is 14.0 Å². The van der Waals surface area contributed by atoms with Crippen molar-refractivity contribution in [2.24, 2.45) is 0 Å². The Morgan fingerprint density at radius 1 is 0.800 bits per heavy atom. The molecule has 0 saturated heterocycles. The summed E-state index contributed by atoms with van der Waals surface area (Å²) in [5.41, 5.74) is 1.29. The number of carbonyl (C=O) groups is 2. The molecule has 2 amide bonds. The van der Waals surface area contributed by atoms with Crippen molar-refractivity contribution in [1.82, 2.24) is 10.6 Å². The highest BCUT2D eigenvalue weighted by Gasteiger charge is 2.22. The zero-order valence-corrected chi connectivity index (χ0v) is 18.6. The van der Waals surface area contributed by atoms with Gasteiger partial charge in [0.15, 0.2) is 0 Å². The van der Waals surface area contributed by atoms with Crippen LogP contribution >= 0.6 is 0 Å². The van der Waals surface area contributed by atoms with Crippen molar-refractivity contribution < 1.29 is 23.5 Å². The number of halogens is 1. The van der Waals surface area contributed by atoms with E-state index in [-0.39, 0.29) is 24.6 Å². The Bertz CT molecular complexity index is 1490. The van der Waals surface area contributed by atoms with Crippen LogP contribution in [0, 0.1) is 31.0 Å². The second-order valence-corrected chi connectivity index (χ2v) is 7.42. The van der Waals surface area contributed by atoms with Gasteiger partial charge in [-0.1, -0.05) is 24.3 Å². The van der Waals surface area contributed by atoms with E-state index in [0.29, 0.717) is 38.2 Å². The molecule has 4 rings (SSSR count). The maximum Gasteiger partial charge on any atom is 0.412 e. The number of hydrogen-bond acceptors (Lipinski definition) is 5. The fraction of sp³-hybridized carbons (Fsp3) is 0.0741. The van der Waals surface area contributed by atoms with E-state index in [0.717, 1.165) is 0 Å². The molecular formula is C27H20FN3O4. The molecule has 35 heavy (non-hydrogen) atoms. The lowest BCUT2D eigenvalue weighted by Crippen LogP contribution is -2.27. The van der Waals surface area contributed by atoms with E-state index < -0.39 is 18.0 Å². The Labute approximate surface area is 201 Å². The van der Waals surface area contributed by atoms with E-state index in [1.807, 2.05) is 0 Å². The van der Waals surface area contributed by atoms with Crippen LogP contribution in [-0.2, 0) is 0 Å². The molecule has 174 valence electrons. The van der Waals surface area contributed by atoms with Crippen molar-refractivity contribution in [3.8, 4) is 28.7 Å². The van der Waals surface area contributed by atoms with Crippen LogP contribution in [0.15, 0.2) is 60.7 Å². The Kier molecular flexibility index (Phi) is 6.78. The van der Waals surface area contributed by atoms with Gasteiger partial charge in [0.2, 0.25) is 0 Å². The Morgan fingerprint density at radius 3 is 1.83 bits per heavy atom. The average molecular weight is 469 g/mol. The van der Waals surface area contributed by atoms with Crippen LogP contribution in [-0.4, -0.2) is 25.3 Å². The number of benzene rings is 4. The predicted molar refractivity (Wildman–Crippen MR) is 130 cm³/mol. The first-order chi connectivity index (χ1) is 16.9. The number of fused-ring (bicyclic) bond motifs is 2. The second-order valence-electron chi connectivity index (χ2n) is 7.42. The molecule has 0 saturated carbocycles. The number of nitrogens with zero attached hydrogens (tertiary/aromatic N) is 1. The molecule has 4 aromatic carbocycles. The molecule has 0 spiro atoms. The van der Waals surface area contributed by atoms with Crippen molar-refractivity contribution in [3.05, 3.63) is 85.9 Å². The Hall–Kier alpha value is -4.64. The van der Waals surface area contributed by atoms with Gasteiger partial charge in [-0.05, 0) is 71.8 Å². The molecule has 0 unspecified atom stereocenters. The standard InChI is InChI=1S/C27H20FN3O4/c1-3-30-26(32)34-22-11-6-17-13-16(15-29)5-9-20(17)24(22)25-21-10-8-19(28)14-18(21)7-12-23(25)35-27(33)31-4-2/h5-14H,1-4H2,(H,30,32)(H,31,33). The monoisotopic (exact) mass is 469 g/mol. The summed E-state index contributed by atoms with van der Waals surface area (Å²) in [7, 11) is 0. The van der Waals surface area contributed by atoms with Gasteiger partial charge in [0.05, 0.1) is 11.6 Å². The minimum absolute atomic E-state index is 0.109. The van der Waals surface area contributed by atoms with Crippen molar-refractivity contribution in [2.75, 3.05) is 13.1 Å². The van der Waals surface area contributed by atoms with Crippen molar-refractivity contribution >= 4 is 33.7 Å². The third kappa shape index (κ3) is 4.84. The summed E-state index contributed by atoms with van der Waals surface area (Å²) < 4.78 is 25.2. The van der Waals surface area contributed by atoms with Crippen LogP contribution in [0.5, 0.6) is 11.5 Å². The van der Waals surface area contributed by atoms with Gasteiger partial charge in [-0.2, -0.15) is 5.26 Å². The van der Waals surface area contributed by atoms with Crippen molar-refractivity contribution in [3.63, 3.8) is 0 Å². The first-order valence-corrected chi connectivity index (χ1v) is 10.6. The van der Waals surface area contributed by atoms with Crippen molar-refractivity contribution in [2.45, 2.75) is 0 Å². The largest absolute Gasteiger partial charge is 0.412 e. The quantitative estimate of drug-likeness (QED) is 0.401. The molecule has 7 nitrogen and oxygen atoms in total. The van der Waals surface area contributed by atoms with Gasteiger partial charge >= 0.3 is 12.2 Å². The number of ether oxygens (including phenoxy) is 2. The lowest BCUT2D eigenvalue weighted by Gasteiger charge is -2.19. The predicted octanol–water partition coefficient (Wildman–Crippen LogP) is 5.52. The molecular weight excluding hydrogens is 449 g/mol. The SMILES string of the molecule is [CH2]CNC(=O)Oc1ccc2cc(F)ccc2c1-c1c(OC(=O)NC[CH2])ccc2cc(C#N)ccc12. The van der Waals surface area contributed by atoms with E-state index in [1.165, 1.54) is 12.1 Å². The summed E-state index contributed by atoms with van der Waals surface area (Å²) >= 11 is 0. The second kappa shape index (κ2) is 10.1. The number of carbonyl (C=O) groups excluding carboxylic acids is 2. The van der Waals surface area contributed by atoms with Gasteiger partial charge in [0.1, 0.15) is 17.3 Å². The molecule has 0 aliphatic heterocycles. The minimum atomic E-state index is -0.730. The summed E-state index contributed by atoms with van der Waals surface area (Å²) in [5, 5.41) is 16.7. The van der Waals surface area contributed by atoms with Crippen LogP contribution < -0.4 is 20.1 Å². The zero-order chi connectivity index (χ0) is 24.9. The number of nitriles is 1. The van der Waals surface area contributed by atoms with E-state index in [1.54, 1.807) is 48.5 Å². The van der Waals surface area contributed by atoms with Crippen LogP contribution in [0.4, 0.5) is 14.0 Å². The molecule has 2 radical (unpaired) electrons. The summed E-state index contributed by atoms with van der Waals surface area (Å²) in [5.74, 6) is -0.100. The van der Waals surface area contributed by atoms with Gasteiger partial charge in [-0.15, -0.1) is 0 Å². The molecule has 0 bridgehead atoms. The summed E-state index contributed by atoms with van der Waals surface area (Å²) in [6.07, 6.45) is -1.45. The van der Waals surface area contributed by atoms with Crippen molar-refractivity contribution in [1.29, 1.82) is 5.26 Å². The fourth-order valence-corrected chi connectivity index (χ4v) is 3.82. The van der Waals surface area contributed by atoms with E-state index in [9.17, 15) is 19.2 Å². The van der Waals surface area contributed by atoms with Gasteiger partial charge in [0.25, 0.3) is 0 Å². The van der Waals surface area contributed by atoms with Crippen LogP contribution in [0.1, 0.15) is 5.56 Å². The third-order valence-corrected chi connectivity index (χ3v) is 5.25. The van der Waals surface area contributed by atoms with E-state index >= 15 is 0 Å². The van der Waals surface area contributed by atoms with E-state index in [4.69, 9.17) is 9.47 Å². The normalized spacial score (nSPS) is 10.6. The summed E-state index contributed by atoms with van der Waals surface area (Å²) in [4.78, 5) is 24.6. The highest BCUT2D eigenvalue weighted by atomic mass is 19.1. The molecule has 0 atom stereocenters. The highest BCUT2D eigenvalue weighted by molar-refractivity contribution is 6.10. The van der Waals surface area contributed by atoms with E-state index in [2.05, 4.69) is 30.6 Å². The molecule has 0 aliphatic carbocycles. The molecule has 0 heterocycles. The molecule has 0 aromatic heterocycles.